The van der Waals surface area contributed by atoms with Crippen LogP contribution in [-0.2, 0) is 10.0 Å². The number of amides is 1. The molecular formula is C15H12ClN3O4S3. The van der Waals surface area contributed by atoms with Crippen molar-refractivity contribution in [1.29, 1.82) is 0 Å². The summed E-state index contributed by atoms with van der Waals surface area (Å²) in [6.45, 7) is 0. The van der Waals surface area contributed by atoms with E-state index in [1.165, 1.54) is 18.6 Å². The van der Waals surface area contributed by atoms with E-state index in [2.05, 4.69) is 15.0 Å². The molecular weight excluding hydrogens is 418 g/mol. The number of nitrogens with zero attached hydrogens (tertiary/aromatic N) is 1. The van der Waals surface area contributed by atoms with Crippen LogP contribution in [0.25, 0.3) is 0 Å². The second-order valence-corrected chi connectivity index (χ2v) is 9.00. The minimum absolute atomic E-state index is 0.0887. The Kier molecular flexibility index (Phi) is 5.47. The third-order valence-corrected chi connectivity index (χ3v) is 7.05. The number of hydrogen-bond acceptors (Lipinski definition) is 7. The number of nitrogens with one attached hydrogen (secondary N) is 2. The van der Waals surface area contributed by atoms with Crippen LogP contribution in [0.4, 0.5) is 10.8 Å². The molecule has 0 saturated heterocycles. The van der Waals surface area contributed by atoms with Crippen molar-refractivity contribution in [2.24, 2.45) is 0 Å². The molecule has 136 valence electrons. The number of benzene rings is 1. The van der Waals surface area contributed by atoms with Crippen LogP contribution >= 0.6 is 34.3 Å². The van der Waals surface area contributed by atoms with E-state index in [9.17, 15) is 13.2 Å². The summed E-state index contributed by atoms with van der Waals surface area (Å²) in [5, 5.41) is 6.23. The number of carbonyl (C=O) groups is 1. The zero-order chi connectivity index (χ0) is 18.7. The summed E-state index contributed by atoms with van der Waals surface area (Å²) in [5.41, 5.74) is 0.556. The summed E-state index contributed by atoms with van der Waals surface area (Å²) in [7, 11) is -2.21. The quantitative estimate of drug-likeness (QED) is 0.618. The number of halogens is 1. The Labute approximate surface area is 162 Å². The van der Waals surface area contributed by atoms with Crippen molar-refractivity contribution < 1.29 is 17.9 Å². The van der Waals surface area contributed by atoms with Crippen molar-refractivity contribution in [3.05, 3.63) is 51.8 Å². The van der Waals surface area contributed by atoms with Gasteiger partial charge in [-0.1, -0.05) is 17.7 Å². The molecule has 1 amide bonds. The summed E-state index contributed by atoms with van der Waals surface area (Å²) in [5.74, 6) is 0.00708. The van der Waals surface area contributed by atoms with Crippen LogP contribution in [0.3, 0.4) is 0 Å². The minimum Gasteiger partial charge on any atom is -0.495 e. The highest BCUT2D eigenvalue weighted by atomic mass is 35.5. The third-order valence-electron chi connectivity index (χ3n) is 3.13. The maximum Gasteiger partial charge on any atom is 0.275 e. The van der Waals surface area contributed by atoms with Crippen molar-refractivity contribution >= 4 is 61.0 Å². The molecule has 2 aromatic heterocycles. The maximum absolute atomic E-state index is 12.3. The molecule has 0 aliphatic rings. The van der Waals surface area contributed by atoms with Gasteiger partial charge >= 0.3 is 0 Å². The van der Waals surface area contributed by atoms with Gasteiger partial charge in [0.05, 0.1) is 12.1 Å². The highest BCUT2D eigenvalue weighted by Gasteiger charge is 2.19. The molecule has 0 fully saturated rings. The Morgan fingerprint density at radius 1 is 1.27 bits per heavy atom. The summed E-state index contributed by atoms with van der Waals surface area (Å²) in [6.07, 6.45) is 0. The van der Waals surface area contributed by atoms with Gasteiger partial charge in [-0.3, -0.25) is 9.52 Å². The summed E-state index contributed by atoms with van der Waals surface area (Å²) in [4.78, 5) is 16.3. The fraction of sp³-hybridized carbons (Fsp3) is 0.0667. The molecule has 0 aliphatic carbocycles. The van der Waals surface area contributed by atoms with Gasteiger partial charge < -0.3 is 10.1 Å². The van der Waals surface area contributed by atoms with Gasteiger partial charge in [-0.05, 0) is 29.6 Å². The first-order valence-electron chi connectivity index (χ1n) is 7.06. The van der Waals surface area contributed by atoms with E-state index < -0.39 is 15.9 Å². The molecule has 0 radical (unpaired) electrons. The van der Waals surface area contributed by atoms with Crippen LogP contribution in [0.5, 0.6) is 5.75 Å². The minimum atomic E-state index is -3.70. The van der Waals surface area contributed by atoms with E-state index in [4.69, 9.17) is 16.3 Å². The van der Waals surface area contributed by atoms with Gasteiger partial charge in [0.15, 0.2) is 5.13 Å². The van der Waals surface area contributed by atoms with Crippen LogP contribution in [0.1, 0.15) is 10.5 Å². The molecule has 26 heavy (non-hydrogen) atoms. The molecule has 1 aromatic carbocycles. The molecule has 0 aliphatic heterocycles. The lowest BCUT2D eigenvalue weighted by Gasteiger charge is -2.07. The van der Waals surface area contributed by atoms with E-state index in [1.807, 2.05) is 0 Å². The van der Waals surface area contributed by atoms with Gasteiger partial charge in [0.1, 0.15) is 15.7 Å². The maximum atomic E-state index is 12.3. The van der Waals surface area contributed by atoms with E-state index in [0.29, 0.717) is 16.5 Å². The van der Waals surface area contributed by atoms with E-state index >= 15 is 0 Å². The Hall–Kier alpha value is -2.14. The first kappa shape index (κ1) is 18.6. The highest BCUT2D eigenvalue weighted by Crippen LogP contribution is 2.28. The molecule has 3 aromatic rings. The Morgan fingerprint density at radius 2 is 2.08 bits per heavy atom. The number of aromatic nitrogens is 1. The molecule has 2 N–H and O–H groups in total. The molecule has 0 spiro atoms. The van der Waals surface area contributed by atoms with Crippen LogP contribution in [0, 0.1) is 0 Å². The van der Waals surface area contributed by atoms with Gasteiger partial charge in [-0.25, -0.2) is 13.4 Å². The largest absolute Gasteiger partial charge is 0.495 e. The molecule has 11 heteroatoms. The summed E-state index contributed by atoms with van der Waals surface area (Å²) < 4.78 is 31.9. The van der Waals surface area contributed by atoms with E-state index in [-0.39, 0.29) is 15.0 Å². The van der Waals surface area contributed by atoms with E-state index in [0.717, 1.165) is 22.7 Å². The first-order chi connectivity index (χ1) is 12.4. The predicted molar refractivity (Wildman–Crippen MR) is 103 cm³/mol. The Bertz CT molecular complexity index is 1030. The molecule has 3 rings (SSSR count). The van der Waals surface area contributed by atoms with Crippen molar-refractivity contribution in [2.75, 3.05) is 17.1 Å². The van der Waals surface area contributed by atoms with Gasteiger partial charge in [0, 0.05) is 11.1 Å². The summed E-state index contributed by atoms with van der Waals surface area (Å²) >= 11 is 8.13. The fourth-order valence-corrected chi connectivity index (χ4v) is 5.14. The van der Waals surface area contributed by atoms with Gasteiger partial charge in [0.2, 0.25) is 0 Å². The molecule has 2 heterocycles. The third kappa shape index (κ3) is 4.15. The lowest BCUT2D eigenvalue weighted by molar-refractivity contribution is 0.102. The highest BCUT2D eigenvalue weighted by molar-refractivity contribution is 7.94. The topological polar surface area (TPSA) is 97.4 Å². The normalized spacial score (nSPS) is 11.2. The smallest absolute Gasteiger partial charge is 0.275 e. The second-order valence-electron chi connectivity index (χ2n) is 4.88. The van der Waals surface area contributed by atoms with Crippen molar-refractivity contribution in [3.8, 4) is 5.75 Å². The molecule has 0 unspecified atom stereocenters. The zero-order valence-electron chi connectivity index (χ0n) is 13.2. The number of thiazole rings is 1. The second kappa shape index (κ2) is 7.62. The van der Waals surface area contributed by atoms with Crippen LogP contribution in [0.2, 0.25) is 5.02 Å². The van der Waals surface area contributed by atoms with Crippen LogP contribution in [0.15, 0.2) is 45.3 Å². The number of rotatable bonds is 6. The van der Waals surface area contributed by atoms with Crippen molar-refractivity contribution in [3.63, 3.8) is 0 Å². The number of sulfonamides is 1. The number of ether oxygens (including phenoxy) is 1. The van der Waals surface area contributed by atoms with E-state index in [1.54, 1.807) is 29.6 Å². The molecule has 0 saturated carbocycles. The van der Waals surface area contributed by atoms with Gasteiger partial charge in [0.25, 0.3) is 15.9 Å². The van der Waals surface area contributed by atoms with Crippen molar-refractivity contribution in [2.45, 2.75) is 4.21 Å². The van der Waals surface area contributed by atoms with Crippen LogP contribution < -0.4 is 14.8 Å². The number of hydrogen-bond donors (Lipinski definition) is 2. The SMILES string of the molecule is COc1ccc(NC(=O)c2csc(NS(=O)(=O)c3cccs3)n2)cc1Cl. The predicted octanol–water partition coefficient (Wildman–Crippen LogP) is 3.92. The van der Waals surface area contributed by atoms with Gasteiger partial charge in [-0.2, -0.15) is 0 Å². The van der Waals surface area contributed by atoms with Gasteiger partial charge in [-0.15, -0.1) is 22.7 Å². The summed E-state index contributed by atoms with van der Waals surface area (Å²) in [6, 6.07) is 7.93. The van der Waals surface area contributed by atoms with Crippen LogP contribution in [-0.4, -0.2) is 26.4 Å². The lowest BCUT2D eigenvalue weighted by atomic mass is 10.3. The number of methoxy groups -OCH3 is 1. The average Bonchev–Trinajstić information content (AvgIpc) is 3.26. The zero-order valence-corrected chi connectivity index (χ0v) is 16.4. The molecule has 0 atom stereocenters. The lowest BCUT2D eigenvalue weighted by Crippen LogP contribution is -2.14. The first-order valence-corrected chi connectivity index (χ1v) is 10.7. The Morgan fingerprint density at radius 3 is 2.73 bits per heavy atom. The number of carbonyl (C=O) groups excluding carboxylic acids is 1. The van der Waals surface area contributed by atoms with Crippen molar-refractivity contribution in [1.82, 2.24) is 4.98 Å². The fourth-order valence-electron chi connectivity index (χ4n) is 1.95. The number of anilines is 2. The average molecular weight is 430 g/mol. The Balaban J connectivity index is 1.71. The number of thiophene rings is 1. The molecule has 0 bridgehead atoms. The molecule has 7 nitrogen and oxygen atoms in total. The standard InChI is InChI=1S/C15H12ClN3O4S3/c1-23-12-5-4-9(7-10(12)16)17-14(20)11-8-25-15(18-11)19-26(21,22)13-3-2-6-24-13/h2-8H,1H3,(H,17,20)(H,18,19). The monoisotopic (exact) mass is 429 g/mol.